The monoisotopic (exact) mass is 204 g/mol. The van der Waals surface area contributed by atoms with E-state index in [4.69, 9.17) is 9.68 Å². The Bertz CT molecular complexity index is 465. The molecule has 0 N–H and O–H groups in total. The number of hydrogen-bond donors (Lipinski definition) is 0. The van der Waals surface area contributed by atoms with Crippen molar-refractivity contribution in [3.8, 4) is 16.8 Å². The normalized spacial score (nSPS) is 10.0. The molecule has 0 aliphatic heterocycles. The van der Waals surface area contributed by atoms with E-state index in [-0.39, 0.29) is 0 Å². The van der Waals surface area contributed by atoms with Crippen LogP contribution in [-0.4, -0.2) is 4.98 Å². The predicted octanol–water partition coefficient (Wildman–Crippen LogP) is 2.78. The van der Waals surface area contributed by atoms with Gasteiger partial charge in [0, 0.05) is 4.88 Å². The van der Waals surface area contributed by atoms with E-state index in [0.717, 1.165) is 21.3 Å². The van der Waals surface area contributed by atoms with Gasteiger partial charge < -0.3 is 4.42 Å². The summed E-state index contributed by atoms with van der Waals surface area (Å²) in [7, 11) is 0. The molecule has 0 fully saturated rings. The second-order valence-electron chi connectivity index (χ2n) is 2.83. The fourth-order valence-electron chi connectivity index (χ4n) is 1.17. The molecule has 0 spiro atoms. The Kier molecular flexibility index (Phi) is 2.33. The highest BCUT2D eigenvalue weighted by Crippen LogP contribution is 2.27. The number of furan rings is 1. The number of aryl methyl sites for hydroxylation is 1. The fourth-order valence-corrected chi connectivity index (χ4v) is 2.07. The first-order valence-corrected chi connectivity index (χ1v) is 5.00. The molecule has 0 amide bonds. The maximum Gasteiger partial charge on any atom is 0.162 e. The van der Waals surface area contributed by atoms with Gasteiger partial charge in [-0.2, -0.15) is 5.26 Å². The standard InChI is InChI=1S/C10H8N2OS/c1-7-8(4-5-11)12-10(14-7)9-3-2-6-13-9/h2-3,6H,4H2,1H3. The third-order valence-electron chi connectivity index (χ3n) is 1.87. The fraction of sp³-hybridized carbons (Fsp3) is 0.200. The van der Waals surface area contributed by atoms with Gasteiger partial charge in [-0.15, -0.1) is 11.3 Å². The van der Waals surface area contributed by atoms with Crippen molar-refractivity contribution in [2.24, 2.45) is 0 Å². The van der Waals surface area contributed by atoms with Crippen LogP contribution in [0.2, 0.25) is 0 Å². The van der Waals surface area contributed by atoms with Gasteiger partial charge in [0.25, 0.3) is 0 Å². The lowest BCUT2D eigenvalue weighted by Gasteiger charge is -1.86. The molecule has 3 nitrogen and oxygen atoms in total. The summed E-state index contributed by atoms with van der Waals surface area (Å²) in [4.78, 5) is 5.43. The van der Waals surface area contributed by atoms with Crippen molar-refractivity contribution in [1.82, 2.24) is 4.98 Å². The molecule has 0 unspecified atom stereocenters. The van der Waals surface area contributed by atoms with E-state index in [0.29, 0.717) is 6.42 Å². The second-order valence-corrected chi connectivity index (χ2v) is 4.04. The third kappa shape index (κ3) is 1.54. The second kappa shape index (κ2) is 3.64. The Labute approximate surface area is 85.6 Å². The first-order chi connectivity index (χ1) is 6.81. The topological polar surface area (TPSA) is 49.8 Å². The zero-order valence-electron chi connectivity index (χ0n) is 7.65. The van der Waals surface area contributed by atoms with Crippen LogP contribution in [0.25, 0.3) is 10.8 Å². The molecule has 2 aromatic heterocycles. The van der Waals surface area contributed by atoms with Gasteiger partial charge >= 0.3 is 0 Å². The molecule has 0 saturated carbocycles. The van der Waals surface area contributed by atoms with E-state index >= 15 is 0 Å². The lowest BCUT2D eigenvalue weighted by Crippen LogP contribution is -1.83. The van der Waals surface area contributed by atoms with Crippen molar-refractivity contribution in [3.63, 3.8) is 0 Å². The Morgan fingerprint density at radius 1 is 1.64 bits per heavy atom. The molecule has 0 aliphatic carbocycles. The van der Waals surface area contributed by atoms with Crippen molar-refractivity contribution >= 4 is 11.3 Å². The van der Waals surface area contributed by atoms with Crippen molar-refractivity contribution in [3.05, 3.63) is 29.0 Å². The average molecular weight is 204 g/mol. The summed E-state index contributed by atoms with van der Waals surface area (Å²) in [6.07, 6.45) is 1.99. The third-order valence-corrected chi connectivity index (χ3v) is 2.90. The molecule has 0 saturated heterocycles. The summed E-state index contributed by atoms with van der Waals surface area (Å²) in [6.45, 7) is 1.97. The number of nitriles is 1. The smallest absolute Gasteiger partial charge is 0.162 e. The minimum absolute atomic E-state index is 0.364. The van der Waals surface area contributed by atoms with Crippen LogP contribution in [0.1, 0.15) is 10.6 Å². The highest BCUT2D eigenvalue weighted by atomic mass is 32.1. The predicted molar refractivity (Wildman–Crippen MR) is 53.9 cm³/mol. The Hall–Kier alpha value is -1.60. The zero-order valence-corrected chi connectivity index (χ0v) is 8.47. The number of nitrogens with zero attached hydrogens (tertiary/aromatic N) is 2. The van der Waals surface area contributed by atoms with Gasteiger partial charge in [0.2, 0.25) is 0 Å². The van der Waals surface area contributed by atoms with Gasteiger partial charge in [-0.05, 0) is 19.1 Å². The summed E-state index contributed by atoms with van der Waals surface area (Å²) in [5.74, 6) is 0.766. The van der Waals surface area contributed by atoms with Crippen LogP contribution in [0.4, 0.5) is 0 Å². The van der Waals surface area contributed by atoms with Gasteiger partial charge in [0.05, 0.1) is 24.4 Å². The van der Waals surface area contributed by atoms with Crippen LogP contribution in [0.15, 0.2) is 22.8 Å². The number of rotatable bonds is 2. The Morgan fingerprint density at radius 2 is 2.50 bits per heavy atom. The van der Waals surface area contributed by atoms with Gasteiger partial charge in [-0.1, -0.05) is 0 Å². The van der Waals surface area contributed by atoms with Gasteiger partial charge in [-0.3, -0.25) is 0 Å². The quantitative estimate of drug-likeness (QED) is 0.755. The number of aromatic nitrogens is 1. The molecular formula is C10H8N2OS. The number of hydrogen-bond acceptors (Lipinski definition) is 4. The van der Waals surface area contributed by atoms with Crippen molar-refractivity contribution in [2.75, 3.05) is 0 Å². The van der Waals surface area contributed by atoms with Crippen LogP contribution in [0, 0.1) is 18.3 Å². The molecule has 70 valence electrons. The van der Waals surface area contributed by atoms with Crippen LogP contribution >= 0.6 is 11.3 Å². The molecule has 0 radical (unpaired) electrons. The molecule has 0 bridgehead atoms. The van der Waals surface area contributed by atoms with E-state index < -0.39 is 0 Å². The van der Waals surface area contributed by atoms with Crippen molar-refractivity contribution < 1.29 is 4.42 Å². The summed E-state index contributed by atoms with van der Waals surface area (Å²) in [5.41, 5.74) is 0.851. The lowest BCUT2D eigenvalue weighted by atomic mass is 10.3. The highest BCUT2D eigenvalue weighted by molar-refractivity contribution is 7.15. The molecule has 2 heterocycles. The van der Waals surface area contributed by atoms with Crippen LogP contribution in [0.5, 0.6) is 0 Å². The van der Waals surface area contributed by atoms with E-state index in [9.17, 15) is 0 Å². The molecule has 2 rings (SSSR count). The van der Waals surface area contributed by atoms with E-state index in [1.807, 2.05) is 19.1 Å². The number of thiazole rings is 1. The van der Waals surface area contributed by atoms with Gasteiger partial charge in [-0.25, -0.2) is 4.98 Å². The van der Waals surface area contributed by atoms with E-state index in [2.05, 4.69) is 11.1 Å². The Balaban J connectivity index is 2.39. The zero-order chi connectivity index (χ0) is 9.97. The first kappa shape index (κ1) is 8.97. The summed E-state index contributed by atoms with van der Waals surface area (Å²) < 4.78 is 5.23. The van der Waals surface area contributed by atoms with E-state index in [1.165, 1.54) is 0 Å². The lowest BCUT2D eigenvalue weighted by molar-refractivity contribution is 0.581. The molecule has 14 heavy (non-hydrogen) atoms. The largest absolute Gasteiger partial charge is 0.462 e. The SMILES string of the molecule is Cc1sc(-c2ccco2)nc1CC#N. The van der Waals surface area contributed by atoms with E-state index in [1.54, 1.807) is 17.6 Å². The maximum atomic E-state index is 8.58. The molecule has 0 aliphatic rings. The van der Waals surface area contributed by atoms with Gasteiger partial charge in [0.1, 0.15) is 0 Å². The van der Waals surface area contributed by atoms with Crippen molar-refractivity contribution in [1.29, 1.82) is 5.26 Å². The maximum absolute atomic E-state index is 8.58. The van der Waals surface area contributed by atoms with Crippen LogP contribution in [0.3, 0.4) is 0 Å². The molecule has 0 aromatic carbocycles. The first-order valence-electron chi connectivity index (χ1n) is 4.18. The highest BCUT2D eigenvalue weighted by Gasteiger charge is 2.10. The Morgan fingerprint density at radius 3 is 3.14 bits per heavy atom. The minimum atomic E-state index is 0.364. The molecule has 4 heteroatoms. The van der Waals surface area contributed by atoms with Crippen LogP contribution in [-0.2, 0) is 6.42 Å². The minimum Gasteiger partial charge on any atom is -0.462 e. The molecule has 0 atom stereocenters. The van der Waals surface area contributed by atoms with Gasteiger partial charge in [0.15, 0.2) is 10.8 Å². The molecular weight excluding hydrogens is 196 g/mol. The van der Waals surface area contributed by atoms with Crippen LogP contribution < -0.4 is 0 Å². The van der Waals surface area contributed by atoms with Crippen molar-refractivity contribution in [2.45, 2.75) is 13.3 Å². The summed E-state index contributed by atoms with van der Waals surface area (Å²) >= 11 is 1.56. The summed E-state index contributed by atoms with van der Waals surface area (Å²) in [6, 6.07) is 5.80. The summed E-state index contributed by atoms with van der Waals surface area (Å²) in [5, 5.41) is 9.42. The average Bonchev–Trinajstić information content (AvgIpc) is 2.76. The molecule has 2 aromatic rings.